The van der Waals surface area contributed by atoms with Crippen molar-refractivity contribution < 1.29 is 14.2 Å². The van der Waals surface area contributed by atoms with Gasteiger partial charge in [-0.3, -0.25) is 0 Å². The van der Waals surface area contributed by atoms with E-state index in [0.717, 1.165) is 9.99 Å². The fraction of sp³-hybridized carbons (Fsp3) is 0.500. The normalized spacial score (nSPS) is 26.4. The van der Waals surface area contributed by atoms with Gasteiger partial charge in [-0.15, -0.1) is 6.58 Å². The number of rotatable bonds is 6. The SMILES string of the molecule is C=C[C@@H]1OC(C)(C)O[C@@H]1[C@H](CI)OCc1ccccc1. The molecule has 0 spiro atoms. The molecule has 0 bridgehead atoms. The van der Waals surface area contributed by atoms with Crippen molar-refractivity contribution in [3.05, 3.63) is 48.6 Å². The molecule has 1 aromatic carbocycles. The van der Waals surface area contributed by atoms with Crippen molar-refractivity contribution >= 4 is 22.6 Å². The number of hydrogen-bond donors (Lipinski definition) is 0. The van der Waals surface area contributed by atoms with Crippen LogP contribution in [0.1, 0.15) is 19.4 Å². The van der Waals surface area contributed by atoms with Crippen LogP contribution in [0.25, 0.3) is 0 Å². The third-order valence-electron chi connectivity index (χ3n) is 3.22. The Bertz CT molecular complexity index is 433. The highest BCUT2D eigenvalue weighted by Crippen LogP contribution is 2.32. The van der Waals surface area contributed by atoms with Gasteiger partial charge in [-0.25, -0.2) is 0 Å². The van der Waals surface area contributed by atoms with E-state index in [1.807, 2.05) is 32.0 Å². The molecule has 3 nitrogen and oxygen atoms in total. The Labute approximate surface area is 134 Å². The first-order chi connectivity index (χ1) is 9.55. The molecule has 3 atom stereocenters. The lowest BCUT2D eigenvalue weighted by molar-refractivity contribution is -0.156. The van der Waals surface area contributed by atoms with E-state index in [1.165, 1.54) is 0 Å². The molecule has 0 amide bonds. The van der Waals surface area contributed by atoms with Gasteiger partial charge in [0.25, 0.3) is 0 Å². The molecule has 1 saturated heterocycles. The molecule has 1 aliphatic rings. The summed E-state index contributed by atoms with van der Waals surface area (Å²) in [4.78, 5) is 0. The van der Waals surface area contributed by atoms with E-state index in [9.17, 15) is 0 Å². The van der Waals surface area contributed by atoms with E-state index in [2.05, 4.69) is 41.3 Å². The molecule has 1 fully saturated rings. The summed E-state index contributed by atoms with van der Waals surface area (Å²) in [7, 11) is 0. The molecule has 0 N–H and O–H groups in total. The van der Waals surface area contributed by atoms with Gasteiger partial charge in [0.15, 0.2) is 5.79 Å². The molecule has 4 heteroatoms. The minimum absolute atomic E-state index is 0.0134. The summed E-state index contributed by atoms with van der Waals surface area (Å²) in [6.45, 7) is 8.26. The summed E-state index contributed by atoms with van der Waals surface area (Å²) in [5.74, 6) is -0.580. The topological polar surface area (TPSA) is 27.7 Å². The zero-order valence-corrected chi connectivity index (χ0v) is 14.1. The van der Waals surface area contributed by atoms with Gasteiger partial charge >= 0.3 is 0 Å². The van der Waals surface area contributed by atoms with Gasteiger partial charge in [0.2, 0.25) is 0 Å². The number of halogens is 1. The summed E-state index contributed by atoms with van der Waals surface area (Å²) < 4.78 is 18.7. The van der Waals surface area contributed by atoms with Gasteiger partial charge in [-0.2, -0.15) is 0 Å². The van der Waals surface area contributed by atoms with Crippen LogP contribution < -0.4 is 0 Å². The first-order valence-electron chi connectivity index (χ1n) is 6.75. The maximum atomic E-state index is 6.03. The first kappa shape index (κ1) is 15.9. The van der Waals surface area contributed by atoms with Crippen molar-refractivity contribution in [3.63, 3.8) is 0 Å². The molecule has 0 aromatic heterocycles. The predicted molar refractivity (Wildman–Crippen MR) is 87.9 cm³/mol. The van der Waals surface area contributed by atoms with Crippen LogP contribution in [-0.4, -0.2) is 28.5 Å². The van der Waals surface area contributed by atoms with Crippen LogP contribution in [0.2, 0.25) is 0 Å². The van der Waals surface area contributed by atoms with E-state index < -0.39 is 5.79 Å². The summed E-state index contributed by atoms with van der Waals surface area (Å²) >= 11 is 2.33. The third kappa shape index (κ3) is 4.04. The molecule has 1 aromatic rings. The van der Waals surface area contributed by atoms with E-state index in [0.29, 0.717) is 6.61 Å². The first-order valence-corrected chi connectivity index (χ1v) is 8.28. The number of ether oxygens (including phenoxy) is 3. The zero-order chi connectivity index (χ0) is 14.6. The lowest BCUT2D eigenvalue weighted by atomic mass is 10.1. The van der Waals surface area contributed by atoms with Gasteiger partial charge < -0.3 is 14.2 Å². The Kier molecular flexibility index (Phi) is 5.60. The fourth-order valence-corrected chi connectivity index (χ4v) is 3.05. The lowest BCUT2D eigenvalue weighted by Gasteiger charge is -2.24. The second-order valence-electron chi connectivity index (χ2n) is 5.29. The summed E-state index contributed by atoms with van der Waals surface area (Å²) in [5.41, 5.74) is 1.16. The summed E-state index contributed by atoms with van der Waals surface area (Å²) in [6.07, 6.45) is 1.55. The zero-order valence-electron chi connectivity index (χ0n) is 11.9. The van der Waals surface area contributed by atoms with E-state index in [4.69, 9.17) is 14.2 Å². The Hall–Kier alpha value is -0.430. The highest BCUT2D eigenvalue weighted by Gasteiger charge is 2.43. The van der Waals surface area contributed by atoms with Crippen molar-refractivity contribution in [2.24, 2.45) is 0 Å². The summed E-state index contributed by atoms with van der Waals surface area (Å²) in [6, 6.07) is 10.2. The Morgan fingerprint density at radius 3 is 2.65 bits per heavy atom. The van der Waals surface area contributed by atoms with Crippen molar-refractivity contribution in [3.8, 4) is 0 Å². The molecule has 1 aliphatic heterocycles. The van der Waals surface area contributed by atoms with Gasteiger partial charge in [-0.1, -0.05) is 59.0 Å². The highest BCUT2D eigenvalue weighted by atomic mass is 127. The predicted octanol–water partition coefficient (Wildman–Crippen LogP) is 3.71. The minimum Gasteiger partial charge on any atom is -0.370 e. The monoisotopic (exact) mass is 388 g/mol. The third-order valence-corrected chi connectivity index (χ3v) is 4.09. The van der Waals surface area contributed by atoms with Crippen LogP contribution in [-0.2, 0) is 20.8 Å². The maximum absolute atomic E-state index is 6.03. The second-order valence-corrected chi connectivity index (χ2v) is 6.17. The highest BCUT2D eigenvalue weighted by molar-refractivity contribution is 14.1. The molecule has 20 heavy (non-hydrogen) atoms. The fourth-order valence-electron chi connectivity index (χ4n) is 2.29. The molecular formula is C16H21IO3. The minimum atomic E-state index is -0.580. The van der Waals surface area contributed by atoms with Crippen molar-refractivity contribution in [2.45, 2.75) is 44.6 Å². The average molecular weight is 388 g/mol. The molecular weight excluding hydrogens is 367 g/mol. The summed E-state index contributed by atoms with van der Waals surface area (Å²) in [5, 5.41) is 0. The molecule has 0 saturated carbocycles. The number of benzene rings is 1. The number of hydrogen-bond acceptors (Lipinski definition) is 3. The van der Waals surface area contributed by atoms with E-state index in [-0.39, 0.29) is 18.3 Å². The Morgan fingerprint density at radius 2 is 2.05 bits per heavy atom. The lowest BCUT2D eigenvalue weighted by Crippen LogP contribution is -2.37. The molecule has 1 heterocycles. The quantitative estimate of drug-likeness (QED) is 0.423. The van der Waals surface area contributed by atoms with Gasteiger partial charge in [0.1, 0.15) is 12.2 Å². The molecule has 0 radical (unpaired) electrons. The van der Waals surface area contributed by atoms with Crippen molar-refractivity contribution in [1.82, 2.24) is 0 Å². The maximum Gasteiger partial charge on any atom is 0.164 e. The van der Waals surface area contributed by atoms with Crippen molar-refractivity contribution in [1.29, 1.82) is 0 Å². The van der Waals surface area contributed by atoms with Gasteiger partial charge in [0.05, 0.1) is 12.7 Å². The van der Waals surface area contributed by atoms with Crippen LogP contribution in [0.15, 0.2) is 43.0 Å². The molecule has 0 aliphatic carbocycles. The van der Waals surface area contributed by atoms with Crippen LogP contribution in [0, 0.1) is 0 Å². The van der Waals surface area contributed by atoms with Crippen LogP contribution in [0.5, 0.6) is 0 Å². The molecule has 0 unspecified atom stereocenters. The molecule has 2 rings (SSSR count). The van der Waals surface area contributed by atoms with Crippen LogP contribution in [0.4, 0.5) is 0 Å². The molecule has 110 valence electrons. The largest absolute Gasteiger partial charge is 0.370 e. The van der Waals surface area contributed by atoms with Crippen LogP contribution in [0.3, 0.4) is 0 Å². The Balaban J connectivity index is 1.99. The van der Waals surface area contributed by atoms with Gasteiger partial charge in [-0.05, 0) is 19.4 Å². The van der Waals surface area contributed by atoms with Gasteiger partial charge in [0, 0.05) is 4.43 Å². The van der Waals surface area contributed by atoms with Crippen LogP contribution >= 0.6 is 22.6 Å². The van der Waals surface area contributed by atoms with Crippen molar-refractivity contribution in [2.75, 3.05) is 4.43 Å². The van der Waals surface area contributed by atoms with E-state index >= 15 is 0 Å². The second kappa shape index (κ2) is 7.02. The standard InChI is InChI=1S/C16H21IO3/c1-4-13-15(20-16(2,3)19-13)14(10-17)18-11-12-8-6-5-7-9-12/h4-9,13-15H,1,10-11H2,2-3H3/t13-,14-,15-/m0/s1. The number of alkyl halides is 1. The van der Waals surface area contributed by atoms with E-state index in [1.54, 1.807) is 6.08 Å². The average Bonchev–Trinajstić information content (AvgIpc) is 2.76. The Morgan fingerprint density at radius 1 is 1.35 bits per heavy atom. The smallest absolute Gasteiger partial charge is 0.164 e.